The lowest BCUT2D eigenvalue weighted by atomic mass is 9.87. The Morgan fingerprint density at radius 3 is 3.17 bits per heavy atom. The van der Waals surface area contributed by atoms with Gasteiger partial charge in [0.1, 0.15) is 17.9 Å². The molecule has 2 fully saturated rings. The van der Waals surface area contributed by atoms with E-state index in [1.165, 1.54) is 11.9 Å². The lowest BCUT2D eigenvalue weighted by Crippen LogP contribution is -2.34. The number of ether oxygens (including phenoxy) is 1. The quantitative estimate of drug-likeness (QED) is 0.915. The van der Waals surface area contributed by atoms with Gasteiger partial charge in [-0.2, -0.15) is 5.10 Å². The third-order valence-corrected chi connectivity index (χ3v) is 5.92. The third kappa shape index (κ3) is 1.98. The van der Waals surface area contributed by atoms with E-state index in [0.717, 1.165) is 43.9 Å². The van der Waals surface area contributed by atoms with E-state index in [0.29, 0.717) is 12.5 Å². The average Bonchev–Trinajstić information content (AvgIpc) is 3.03. The molecule has 1 saturated carbocycles. The molecule has 1 aromatic carbocycles. The molecule has 1 saturated heterocycles. The van der Waals surface area contributed by atoms with Crippen LogP contribution in [0.4, 0.5) is 0 Å². The van der Waals surface area contributed by atoms with Crippen molar-refractivity contribution < 1.29 is 9.53 Å². The highest BCUT2D eigenvalue weighted by Gasteiger charge is 2.62. The molecule has 1 spiro atoms. The van der Waals surface area contributed by atoms with Crippen LogP contribution in [-0.4, -0.2) is 45.7 Å². The molecule has 3 heterocycles. The molecule has 1 N–H and O–H groups in total. The van der Waals surface area contributed by atoms with Crippen LogP contribution in [0.3, 0.4) is 0 Å². The zero-order valence-corrected chi connectivity index (χ0v) is 13.4. The number of carbonyl (C=O) groups excluding carboxylic acids is 1. The van der Waals surface area contributed by atoms with Gasteiger partial charge in [0.05, 0.1) is 6.61 Å². The summed E-state index contributed by atoms with van der Waals surface area (Å²) in [5.41, 5.74) is 1.23. The zero-order valence-electron chi connectivity index (χ0n) is 13.4. The Hall–Kier alpha value is -2.37. The van der Waals surface area contributed by atoms with E-state index in [9.17, 15) is 4.79 Å². The molecule has 0 bridgehead atoms. The molecule has 6 heteroatoms. The molecule has 6 nitrogen and oxygen atoms in total. The molecular weight excluding hydrogens is 304 g/mol. The van der Waals surface area contributed by atoms with Crippen molar-refractivity contribution in [2.45, 2.75) is 30.6 Å². The summed E-state index contributed by atoms with van der Waals surface area (Å²) in [7, 11) is 0. The molecule has 1 aromatic heterocycles. The minimum atomic E-state index is 0.0102. The summed E-state index contributed by atoms with van der Waals surface area (Å²) in [6.07, 6.45) is 4.39. The first-order valence-corrected chi connectivity index (χ1v) is 8.64. The Bertz CT molecular complexity index is 775. The smallest absolute Gasteiger partial charge is 0.226 e. The monoisotopic (exact) mass is 324 g/mol. The number of aromatic amines is 1. The summed E-state index contributed by atoms with van der Waals surface area (Å²) in [5, 5.41) is 6.86. The van der Waals surface area contributed by atoms with Crippen LogP contribution in [0.25, 0.3) is 0 Å². The van der Waals surface area contributed by atoms with Gasteiger partial charge in [0.2, 0.25) is 5.91 Å². The predicted molar refractivity (Wildman–Crippen MR) is 86.7 cm³/mol. The number of para-hydroxylation sites is 1. The molecule has 3 atom stereocenters. The van der Waals surface area contributed by atoms with E-state index < -0.39 is 0 Å². The molecular formula is C18H20N4O2. The Labute approximate surface area is 140 Å². The van der Waals surface area contributed by atoms with E-state index in [1.807, 2.05) is 23.1 Å². The fourth-order valence-electron chi connectivity index (χ4n) is 4.50. The SMILES string of the molecule is O=C([C@@H]1C[C@]12CCOc1ccccc12)N1CCC(c2ncn[nH]2)C1. The molecule has 0 radical (unpaired) electrons. The number of rotatable bonds is 2. The molecule has 1 amide bonds. The number of fused-ring (bicyclic) bond motifs is 2. The summed E-state index contributed by atoms with van der Waals surface area (Å²) in [5.74, 6) is 2.55. The number of benzene rings is 1. The highest BCUT2D eigenvalue weighted by Crippen LogP contribution is 2.61. The number of aromatic nitrogens is 3. The van der Waals surface area contributed by atoms with Crippen molar-refractivity contribution in [2.75, 3.05) is 19.7 Å². The van der Waals surface area contributed by atoms with Gasteiger partial charge >= 0.3 is 0 Å². The van der Waals surface area contributed by atoms with Crippen LogP contribution in [-0.2, 0) is 10.2 Å². The number of nitrogens with one attached hydrogen (secondary N) is 1. The topological polar surface area (TPSA) is 71.1 Å². The van der Waals surface area contributed by atoms with Crippen LogP contribution in [0.1, 0.15) is 36.6 Å². The second-order valence-corrected chi connectivity index (χ2v) is 7.15. The Balaban J connectivity index is 1.34. The van der Waals surface area contributed by atoms with Gasteiger partial charge in [0.25, 0.3) is 0 Å². The van der Waals surface area contributed by atoms with Crippen LogP contribution in [0.5, 0.6) is 5.75 Å². The van der Waals surface area contributed by atoms with Gasteiger partial charge in [-0.1, -0.05) is 18.2 Å². The molecule has 1 aliphatic carbocycles. The molecule has 24 heavy (non-hydrogen) atoms. The van der Waals surface area contributed by atoms with E-state index in [1.54, 1.807) is 0 Å². The molecule has 3 aliphatic rings. The minimum Gasteiger partial charge on any atom is -0.493 e. The van der Waals surface area contributed by atoms with Gasteiger partial charge in [-0.3, -0.25) is 9.89 Å². The number of carbonyl (C=O) groups is 1. The van der Waals surface area contributed by atoms with Gasteiger partial charge in [-0.15, -0.1) is 0 Å². The van der Waals surface area contributed by atoms with Crippen LogP contribution in [0.2, 0.25) is 0 Å². The zero-order chi connectivity index (χ0) is 16.1. The van der Waals surface area contributed by atoms with Gasteiger partial charge in [0.15, 0.2) is 0 Å². The maximum absolute atomic E-state index is 13.0. The minimum absolute atomic E-state index is 0.0102. The van der Waals surface area contributed by atoms with Gasteiger partial charge in [0, 0.05) is 35.9 Å². The highest BCUT2D eigenvalue weighted by molar-refractivity contribution is 5.85. The number of amides is 1. The van der Waals surface area contributed by atoms with Crippen LogP contribution >= 0.6 is 0 Å². The first-order chi connectivity index (χ1) is 11.8. The van der Waals surface area contributed by atoms with Gasteiger partial charge in [-0.25, -0.2) is 4.98 Å². The van der Waals surface area contributed by atoms with E-state index in [4.69, 9.17) is 4.74 Å². The van der Waals surface area contributed by atoms with E-state index >= 15 is 0 Å². The summed E-state index contributed by atoms with van der Waals surface area (Å²) in [6, 6.07) is 8.19. The van der Waals surface area contributed by atoms with Crippen molar-refractivity contribution in [2.24, 2.45) is 5.92 Å². The number of nitrogens with zero attached hydrogens (tertiary/aromatic N) is 3. The second kappa shape index (κ2) is 5.06. The van der Waals surface area contributed by atoms with Gasteiger partial charge < -0.3 is 9.64 Å². The largest absolute Gasteiger partial charge is 0.493 e. The summed E-state index contributed by atoms with van der Waals surface area (Å²) in [6.45, 7) is 2.27. The fraction of sp³-hybridized carbons (Fsp3) is 0.500. The normalized spacial score (nSPS) is 30.9. The van der Waals surface area contributed by atoms with E-state index in [2.05, 4.69) is 21.2 Å². The Kier molecular flexibility index (Phi) is 2.96. The first kappa shape index (κ1) is 14.0. The standard InChI is InChI=1S/C18H20N4O2/c23-17(22-7-5-12(10-22)16-19-11-20-21-16)14-9-18(14)6-8-24-15-4-2-1-3-13(15)18/h1-4,11-12,14H,5-10H2,(H,19,20,21)/t12?,14-,18-/m0/s1. The Morgan fingerprint density at radius 1 is 1.38 bits per heavy atom. The fourth-order valence-corrected chi connectivity index (χ4v) is 4.50. The van der Waals surface area contributed by atoms with Crippen LogP contribution in [0.15, 0.2) is 30.6 Å². The Morgan fingerprint density at radius 2 is 2.29 bits per heavy atom. The second-order valence-electron chi connectivity index (χ2n) is 7.15. The van der Waals surface area contributed by atoms with Crippen molar-refractivity contribution in [3.63, 3.8) is 0 Å². The van der Waals surface area contributed by atoms with Gasteiger partial charge in [-0.05, 0) is 25.3 Å². The summed E-state index contributed by atoms with van der Waals surface area (Å²) < 4.78 is 5.77. The first-order valence-electron chi connectivity index (χ1n) is 8.64. The predicted octanol–water partition coefficient (Wildman–Crippen LogP) is 1.86. The summed E-state index contributed by atoms with van der Waals surface area (Å²) >= 11 is 0. The summed E-state index contributed by atoms with van der Waals surface area (Å²) in [4.78, 5) is 19.3. The molecule has 1 unspecified atom stereocenters. The van der Waals surface area contributed by atoms with Crippen molar-refractivity contribution in [3.05, 3.63) is 42.0 Å². The van der Waals surface area contributed by atoms with Crippen LogP contribution < -0.4 is 4.74 Å². The lowest BCUT2D eigenvalue weighted by molar-refractivity contribution is -0.132. The number of hydrogen-bond donors (Lipinski definition) is 1. The lowest BCUT2D eigenvalue weighted by Gasteiger charge is -2.27. The van der Waals surface area contributed by atoms with Crippen molar-refractivity contribution >= 4 is 5.91 Å². The molecule has 2 aliphatic heterocycles. The van der Waals surface area contributed by atoms with Crippen LogP contribution in [0, 0.1) is 5.92 Å². The molecule has 124 valence electrons. The molecule has 5 rings (SSSR count). The highest BCUT2D eigenvalue weighted by atomic mass is 16.5. The maximum atomic E-state index is 13.0. The number of likely N-dealkylation sites (tertiary alicyclic amines) is 1. The van der Waals surface area contributed by atoms with Crippen molar-refractivity contribution in [1.82, 2.24) is 20.1 Å². The maximum Gasteiger partial charge on any atom is 0.226 e. The average molecular weight is 324 g/mol. The van der Waals surface area contributed by atoms with Crippen molar-refractivity contribution in [1.29, 1.82) is 0 Å². The van der Waals surface area contributed by atoms with Crippen molar-refractivity contribution in [3.8, 4) is 5.75 Å². The van der Waals surface area contributed by atoms with E-state index in [-0.39, 0.29) is 17.3 Å². The number of H-pyrrole nitrogens is 1. The third-order valence-electron chi connectivity index (χ3n) is 5.92. The number of hydrogen-bond acceptors (Lipinski definition) is 4. The molecule has 2 aromatic rings.